The number of piperidine rings is 1. The molecule has 0 aliphatic carbocycles. The van der Waals surface area contributed by atoms with E-state index in [-0.39, 0.29) is 17.2 Å². The SMILES string of the molecule is CC1CC(C)CN(CCCNC(=O)Cc2ccc(NS(=O)(=O)c3ccc(F)cc3)cc2)C1. The summed E-state index contributed by atoms with van der Waals surface area (Å²) < 4.78 is 40.2. The minimum Gasteiger partial charge on any atom is -0.356 e. The highest BCUT2D eigenvalue weighted by Crippen LogP contribution is 2.21. The van der Waals surface area contributed by atoms with Crippen LogP contribution in [-0.4, -0.2) is 45.4 Å². The van der Waals surface area contributed by atoms with Crippen molar-refractivity contribution in [2.75, 3.05) is 30.9 Å². The molecule has 3 rings (SSSR count). The van der Waals surface area contributed by atoms with Crippen molar-refractivity contribution in [3.05, 3.63) is 59.9 Å². The highest BCUT2D eigenvalue weighted by molar-refractivity contribution is 7.92. The van der Waals surface area contributed by atoms with Crippen molar-refractivity contribution in [1.29, 1.82) is 0 Å². The van der Waals surface area contributed by atoms with E-state index in [1.54, 1.807) is 24.3 Å². The van der Waals surface area contributed by atoms with Gasteiger partial charge in [-0.1, -0.05) is 26.0 Å². The van der Waals surface area contributed by atoms with Crippen molar-refractivity contribution in [3.8, 4) is 0 Å². The summed E-state index contributed by atoms with van der Waals surface area (Å²) in [6.45, 7) is 8.50. The van der Waals surface area contributed by atoms with Gasteiger partial charge in [0.15, 0.2) is 0 Å². The summed E-state index contributed by atoms with van der Waals surface area (Å²) in [7, 11) is -3.80. The summed E-state index contributed by atoms with van der Waals surface area (Å²) in [4.78, 5) is 14.7. The van der Waals surface area contributed by atoms with Gasteiger partial charge in [-0.3, -0.25) is 9.52 Å². The third-order valence-corrected chi connectivity index (χ3v) is 7.01. The summed E-state index contributed by atoms with van der Waals surface area (Å²) in [6.07, 6.45) is 2.46. The largest absolute Gasteiger partial charge is 0.356 e. The maximum Gasteiger partial charge on any atom is 0.261 e. The van der Waals surface area contributed by atoms with Gasteiger partial charge in [-0.15, -0.1) is 0 Å². The number of halogens is 1. The van der Waals surface area contributed by atoms with Crippen LogP contribution in [0.1, 0.15) is 32.3 Å². The van der Waals surface area contributed by atoms with Crippen LogP contribution in [0.15, 0.2) is 53.4 Å². The van der Waals surface area contributed by atoms with Crippen LogP contribution in [0.3, 0.4) is 0 Å². The molecule has 1 saturated heterocycles. The summed E-state index contributed by atoms with van der Waals surface area (Å²) >= 11 is 0. The Morgan fingerprint density at radius 1 is 1.03 bits per heavy atom. The zero-order valence-corrected chi connectivity index (χ0v) is 19.5. The lowest BCUT2D eigenvalue weighted by molar-refractivity contribution is -0.120. The zero-order valence-electron chi connectivity index (χ0n) is 18.7. The van der Waals surface area contributed by atoms with Crippen LogP contribution in [0.2, 0.25) is 0 Å². The predicted octanol–water partition coefficient (Wildman–Crippen LogP) is 3.65. The Morgan fingerprint density at radius 3 is 2.28 bits per heavy atom. The first-order valence-electron chi connectivity index (χ1n) is 11.1. The highest BCUT2D eigenvalue weighted by atomic mass is 32.2. The van der Waals surface area contributed by atoms with E-state index >= 15 is 0 Å². The quantitative estimate of drug-likeness (QED) is 0.559. The molecule has 2 atom stereocenters. The second-order valence-corrected chi connectivity index (χ2v) is 10.5. The van der Waals surface area contributed by atoms with Gasteiger partial charge in [-0.25, -0.2) is 12.8 Å². The molecular weight excluding hydrogens is 429 g/mol. The second kappa shape index (κ2) is 10.9. The Labute approximate surface area is 190 Å². The fourth-order valence-electron chi connectivity index (χ4n) is 4.27. The van der Waals surface area contributed by atoms with Gasteiger partial charge in [-0.05, 0) is 73.2 Å². The Bertz CT molecular complexity index is 984. The van der Waals surface area contributed by atoms with Gasteiger partial charge in [0, 0.05) is 25.3 Å². The molecule has 0 radical (unpaired) electrons. The smallest absolute Gasteiger partial charge is 0.261 e. The number of rotatable bonds is 9. The van der Waals surface area contributed by atoms with E-state index in [4.69, 9.17) is 0 Å². The third kappa shape index (κ3) is 7.31. The molecule has 174 valence electrons. The summed E-state index contributed by atoms with van der Waals surface area (Å²) in [5.74, 6) is 0.917. The van der Waals surface area contributed by atoms with Crippen molar-refractivity contribution >= 4 is 21.6 Å². The summed E-state index contributed by atoms with van der Waals surface area (Å²) in [5.41, 5.74) is 1.18. The fraction of sp³-hybridized carbons (Fsp3) is 0.458. The van der Waals surface area contributed by atoms with Crippen LogP contribution < -0.4 is 10.0 Å². The molecule has 8 heteroatoms. The fourth-order valence-corrected chi connectivity index (χ4v) is 5.33. The molecule has 1 aliphatic rings. The summed E-state index contributed by atoms with van der Waals surface area (Å²) in [6, 6.07) is 11.3. The van der Waals surface area contributed by atoms with Crippen molar-refractivity contribution in [1.82, 2.24) is 10.2 Å². The molecule has 2 aromatic carbocycles. The average Bonchev–Trinajstić information content (AvgIpc) is 2.72. The van der Waals surface area contributed by atoms with Gasteiger partial charge in [0.05, 0.1) is 11.3 Å². The van der Waals surface area contributed by atoms with Crippen LogP contribution in [0.25, 0.3) is 0 Å². The first kappa shape index (κ1) is 24.2. The minimum atomic E-state index is -3.80. The molecule has 0 spiro atoms. The maximum atomic E-state index is 13.0. The number of likely N-dealkylation sites (tertiary alicyclic amines) is 1. The number of hydrogen-bond acceptors (Lipinski definition) is 4. The van der Waals surface area contributed by atoms with Gasteiger partial charge in [0.1, 0.15) is 5.82 Å². The monoisotopic (exact) mass is 461 g/mol. The van der Waals surface area contributed by atoms with Crippen molar-refractivity contribution in [3.63, 3.8) is 0 Å². The lowest BCUT2D eigenvalue weighted by Gasteiger charge is -2.34. The number of hydrogen-bond donors (Lipinski definition) is 2. The zero-order chi connectivity index (χ0) is 23.1. The van der Waals surface area contributed by atoms with Crippen molar-refractivity contribution in [2.24, 2.45) is 11.8 Å². The van der Waals surface area contributed by atoms with E-state index in [0.29, 0.717) is 12.2 Å². The number of carbonyl (C=O) groups excluding carboxylic acids is 1. The average molecular weight is 462 g/mol. The lowest BCUT2D eigenvalue weighted by atomic mass is 9.92. The van der Waals surface area contributed by atoms with Crippen LogP contribution in [0, 0.1) is 17.7 Å². The summed E-state index contributed by atoms with van der Waals surface area (Å²) in [5, 5.41) is 2.96. The molecule has 1 aliphatic heterocycles. The lowest BCUT2D eigenvalue weighted by Crippen LogP contribution is -2.40. The topological polar surface area (TPSA) is 78.5 Å². The molecule has 1 fully saturated rings. The normalized spacial score (nSPS) is 19.5. The van der Waals surface area contributed by atoms with E-state index in [1.807, 2.05) is 0 Å². The molecule has 2 N–H and O–H groups in total. The number of anilines is 1. The predicted molar refractivity (Wildman–Crippen MR) is 124 cm³/mol. The van der Waals surface area contributed by atoms with E-state index in [1.165, 1.54) is 18.6 Å². The number of nitrogens with zero attached hydrogens (tertiary/aromatic N) is 1. The maximum absolute atomic E-state index is 13.0. The van der Waals surface area contributed by atoms with E-state index in [2.05, 4.69) is 28.8 Å². The molecule has 2 unspecified atom stereocenters. The Morgan fingerprint density at radius 2 is 1.66 bits per heavy atom. The molecule has 0 aromatic heterocycles. The van der Waals surface area contributed by atoms with Gasteiger partial charge < -0.3 is 10.2 Å². The molecule has 0 bridgehead atoms. The third-order valence-electron chi connectivity index (χ3n) is 5.61. The Kier molecular flexibility index (Phi) is 8.26. The van der Waals surface area contributed by atoms with Gasteiger partial charge in [-0.2, -0.15) is 0 Å². The number of sulfonamides is 1. The van der Waals surface area contributed by atoms with Gasteiger partial charge >= 0.3 is 0 Å². The Balaban J connectivity index is 1.42. The van der Waals surface area contributed by atoms with Crippen LogP contribution in [-0.2, 0) is 21.2 Å². The van der Waals surface area contributed by atoms with Crippen LogP contribution >= 0.6 is 0 Å². The first-order valence-corrected chi connectivity index (χ1v) is 12.6. The molecule has 32 heavy (non-hydrogen) atoms. The number of amides is 1. The number of carbonyl (C=O) groups is 1. The number of benzene rings is 2. The van der Waals surface area contributed by atoms with Gasteiger partial charge in [0.2, 0.25) is 5.91 Å². The van der Waals surface area contributed by atoms with Crippen LogP contribution in [0.5, 0.6) is 0 Å². The molecular formula is C24H32FN3O3S. The van der Waals surface area contributed by atoms with Gasteiger partial charge in [0.25, 0.3) is 10.0 Å². The standard InChI is InChI=1S/C24H32FN3O3S/c1-18-14-19(2)17-28(16-18)13-3-12-26-24(29)15-20-4-8-22(9-5-20)27-32(30,31)23-10-6-21(25)7-11-23/h4-11,18-19,27H,3,12-17H2,1-2H3,(H,26,29). The molecule has 0 saturated carbocycles. The first-order chi connectivity index (χ1) is 15.2. The molecule has 2 aromatic rings. The van der Waals surface area contributed by atoms with Crippen molar-refractivity contribution < 1.29 is 17.6 Å². The molecule has 1 heterocycles. The Hall–Kier alpha value is -2.45. The second-order valence-electron chi connectivity index (χ2n) is 8.84. The molecule has 1 amide bonds. The van der Waals surface area contributed by atoms with E-state index in [9.17, 15) is 17.6 Å². The molecule has 6 nitrogen and oxygen atoms in total. The van der Waals surface area contributed by atoms with Crippen LogP contribution in [0.4, 0.5) is 10.1 Å². The minimum absolute atomic E-state index is 0.0178. The number of nitrogens with one attached hydrogen (secondary N) is 2. The highest BCUT2D eigenvalue weighted by Gasteiger charge is 2.21. The van der Waals surface area contributed by atoms with E-state index < -0.39 is 15.8 Å². The van der Waals surface area contributed by atoms with E-state index in [0.717, 1.165) is 55.6 Å². The van der Waals surface area contributed by atoms with Crippen molar-refractivity contribution in [2.45, 2.75) is 38.0 Å².